The zero-order valence-corrected chi connectivity index (χ0v) is 9.93. The molecular weight excluding hydrogens is 220 g/mol. The van der Waals surface area contributed by atoms with Crippen LogP contribution in [-0.4, -0.2) is 31.4 Å². The molecule has 3 N–H and O–H groups in total. The van der Waals surface area contributed by atoms with E-state index in [0.717, 1.165) is 17.7 Å². The molecule has 5 nitrogen and oxygen atoms in total. The molecule has 0 spiro atoms. The Hall–Kier alpha value is -1.75. The van der Waals surface area contributed by atoms with Gasteiger partial charge in [0, 0.05) is 26.6 Å². The average molecular weight is 238 g/mol. The summed E-state index contributed by atoms with van der Waals surface area (Å²) in [5, 5.41) is 11.4. The highest BCUT2D eigenvalue weighted by Gasteiger charge is 1.98. The van der Waals surface area contributed by atoms with Crippen LogP contribution in [0.2, 0.25) is 0 Å². The van der Waals surface area contributed by atoms with Crippen molar-refractivity contribution >= 4 is 5.84 Å². The van der Waals surface area contributed by atoms with Gasteiger partial charge in [-0.25, -0.2) is 0 Å². The van der Waals surface area contributed by atoms with E-state index in [0.29, 0.717) is 19.6 Å². The van der Waals surface area contributed by atoms with Gasteiger partial charge < -0.3 is 20.4 Å². The molecule has 0 aromatic heterocycles. The second kappa shape index (κ2) is 7.51. The summed E-state index contributed by atoms with van der Waals surface area (Å²) in [5.41, 5.74) is 6.39. The van der Waals surface area contributed by atoms with Crippen LogP contribution in [0.25, 0.3) is 0 Å². The van der Waals surface area contributed by atoms with Gasteiger partial charge in [0.15, 0.2) is 0 Å². The van der Waals surface area contributed by atoms with Crippen LogP contribution in [0, 0.1) is 0 Å². The number of rotatable bonds is 7. The number of benzene rings is 1. The maximum atomic E-state index is 8.44. The smallest absolute Gasteiger partial charge is 0.143 e. The monoisotopic (exact) mass is 238 g/mol. The first-order valence-electron chi connectivity index (χ1n) is 5.43. The van der Waals surface area contributed by atoms with Gasteiger partial charge in [-0.3, -0.25) is 0 Å². The molecule has 1 aromatic rings. The van der Waals surface area contributed by atoms with Crippen LogP contribution < -0.4 is 10.5 Å². The van der Waals surface area contributed by atoms with Crippen LogP contribution in [0.1, 0.15) is 12.0 Å². The van der Waals surface area contributed by atoms with Crippen molar-refractivity contribution in [2.24, 2.45) is 10.9 Å². The highest BCUT2D eigenvalue weighted by atomic mass is 16.5. The van der Waals surface area contributed by atoms with E-state index < -0.39 is 0 Å². The molecule has 0 unspecified atom stereocenters. The number of methoxy groups -OCH3 is 1. The Balaban J connectivity index is 2.39. The number of hydrogen-bond acceptors (Lipinski definition) is 4. The van der Waals surface area contributed by atoms with Gasteiger partial charge in [-0.1, -0.05) is 17.3 Å². The zero-order valence-electron chi connectivity index (χ0n) is 9.93. The van der Waals surface area contributed by atoms with E-state index >= 15 is 0 Å². The van der Waals surface area contributed by atoms with Gasteiger partial charge in [-0.15, -0.1) is 0 Å². The Kier molecular flexibility index (Phi) is 5.88. The van der Waals surface area contributed by atoms with Crippen LogP contribution >= 0.6 is 0 Å². The molecule has 0 aliphatic heterocycles. The topological polar surface area (TPSA) is 77.1 Å². The fourth-order valence-electron chi connectivity index (χ4n) is 1.34. The molecular formula is C12H18N2O3. The largest absolute Gasteiger partial charge is 0.494 e. The van der Waals surface area contributed by atoms with Crippen molar-refractivity contribution in [1.82, 2.24) is 0 Å². The van der Waals surface area contributed by atoms with Crippen molar-refractivity contribution in [2.75, 3.05) is 20.3 Å². The summed E-state index contributed by atoms with van der Waals surface area (Å²) in [7, 11) is 1.67. The zero-order chi connectivity index (χ0) is 12.5. The lowest BCUT2D eigenvalue weighted by Gasteiger charge is -2.06. The van der Waals surface area contributed by atoms with Crippen molar-refractivity contribution in [1.29, 1.82) is 0 Å². The standard InChI is InChI=1S/C12H18N2O3/c1-16-7-2-8-17-11-5-3-10(4-6-11)9-12(13)14-15/h3-6,15H,2,7-9H2,1H3,(H2,13,14). The number of ether oxygens (including phenoxy) is 2. The number of amidine groups is 1. The predicted octanol–water partition coefficient (Wildman–Crippen LogP) is 1.39. The van der Waals surface area contributed by atoms with E-state index in [1.54, 1.807) is 7.11 Å². The Morgan fingerprint density at radius 2 is 2.00 bits per heavy atom. The highest BCUT2D eigenvalue weighted by molar-refractivity contribution is 5.81. The molecule has 5 heteroatoms. The quantitative estimate of drug-likeness (QED) is 0.247. The van der Waals surface area contributed by atoms with Crippen LogP contribution in [0.5, 0.6) is 5.75 Å². The van der Waals surface area contributed by atoms with Gasteiger partial charge in [0.05, 0.1) is 6.61 Å². The Labute approximate surface area is 101 Å². The Morgan fingerprint density at radius 1 is 1.29 bits per heavy atom. The molecule has 0 atom stereocenters. The molecule has 0 heterocycles. The Bertz CT molecular complexity index is 349. The molecule has 94 valence electrons. The van der Waals surface area contributed by atoms with Crippen LogP contribution in [-0.2, 0) is 11.2 Å². The third-order valence-corrected chi connectivity index (χ3v) is 2.20. The van der Waals surface area contributed by atoms with Crippen molar-refractivity contribution in [3.63, 3.8) is 0 Å². The van der Waals surface area contributed by atoms with E-state index in [1.807, 2.05) is 24.3 Å². The van der Waals surface area contributed by atoms with E-state index in [-0.39, 0.29) is 5.84 Å². The molecule has 0 saturated heterocycles. The van der Waals surface area contributed by atoms with Crippen LogP contribution in [0.15, 0.2) is 29.4 Å². The van der Waals surface area contributed by atoms with Gasteiger partial charge in [0.2, 0.25) is 0 Å². The van der Waals surface area contributed by atoms with Crippen molar-refractivity contribution < 1.29 is 14.7 Å². The molecule has 0 bridgehead atoms. The van der Waals surface area contributed by atoms with Gasteiger partial charge in [0.25, 0.3) is 0 Å². The number of oxime groups is 1. The van der Waals surface area contributed by atoms with Crippen molar-refractivity contribution in [2.45, 2.75) is 12.8 Å². The SMILES string of the molecule is COCCCOc1ccc(C/C(N)=N/O)cc1. The van der Waals surface area contributed by atoms with E-state index in [2.05, 4.69) is 5.16 Å². The normalized spacial score (nSPS) is 11.5. The van der Waals surface area contributed by atoms with Crippen molar-refractivity contribution in [3.05, 3.63) is 29.8 Å². The number of hydrogen-bond donors (Lipinski definition) is 2. The van der Waals surface area contributed by atoms with E-state index in [4.69, 9.17) is 20.4 Å². The summed E-state index contributed by atoms with van der Waals surface area (Å²) >= 11 is 0. The summed E-state index contributed by atoms with van der Waals surface area (Å²) in [6.07, 6.45) is 1.29. The van der Waals surface area contributed by atoms with Gasteiger partial charge in [-0.2, -0.15) is 0 Å². The summed E-state index contributed by atoms with van der Waals surface area (Å²) < 4.78 is 10.4. The molecule has 0 aliphatic rings. The lowest BCUT2D eigenvalue weighted by atomic mass is 10.1. The molecule has 1 rings (SSSR count). The average Bonchev–Trinajstić information content (AvgIpc) is 2.36. The Morgan fingerprint density at radius 3 is 2.59 bits per heavy atom. The highest BCUT2D eigenvalue weighted by Crippen LogP contribution is 2.12. The van der Waals surface area contributed by atoms with E-state index in [1.165, 1.54) is 0 Å². The lowest BCUT2D eigenvalue weighted by Crippen LogP contribution is -2.14. The molecule has 0 amide bonds. The van der Waals surface area contributed by atoms with Crippen LogP contribution in [0.4, 0.5) is 0 Å². The van der Waals surface area contributed by atoms with Crippen molar-refractivity contribution in [3.8, 4) is 5.75 Å². The molecule has 0 saturated carbocycles. The third kappa shape index (κ3) is 5.21. The molecule has 0 radical (unpaired) electrons. The first-order valence-corrected chi connectivity index (χ1v) is 5.43. The van der Waals surface area contributed by atoms with Gasteiger partial charge in [0.1, 0.15) is 11.6 Å². The fraction of sp³-hybridized carbons (Fsp3) is 0.417. The molecule has 0 aliphatic carbocycles. The lowest BCUT2D eigenvalue weighted by molar-refractivity contribution is 0.172. The molecule has 1 aromatic carbocycles. The van der Waals surface area contributed by atoms with E-state index in [9.17, 15) is 0 Å². The fourth-order valence-corrected chi connectivity index (χ4v) is 1.34. The minimum atomic E-state index is 0.193. The van der Waals surface area contributed by atoms with Crippen LogP contribution in [0.3, 0.4) is 0 Å². The van der Waals surface area contributed by atoms with Gasteiger partial charge in [-0.05, 0) is 17.7 Å². The summed E-state index contributed by atoms with van der Waals surface area (Å²) in [6.45, 7) is 1.33. The maximum absolute atomic E-state index is 8.44. The first-order chi connectivity index (χ1) is 8.26. The minimum Gasteiger partial charge on any atom is -0.494 e. The maximum Gasteiger partial charge on any atom is 0.143 e. The second-order valence-corrected chi connectivity index (χ2v) is 3.61. The minimum absolute atomic E-state index is 0.193. The predicted molar refractivity (Wildman–Crippen MR) is 65.5 cm³/mol. The summed E-state index contributed by atoms with van der Waals surface area (Å²) in [6, 6.07) is 7.52. The molecule has 17 heavy (non-hydrogen) atoms. The third-order valence-electron chi connectivity index (χ3n) is 2.20. The second-order valence-electron chi connectivity index (χ2n) is 3.61. The number of nitrogens with two attached hydrogens (primary N) is 1. The summed E-state index contributed by atoms with van der Waals surface area (Å²) in [5.74, 6) is 1.00. The number of nitrogens with zero attached hydrogens (tertiary/aromatic N) is 1. The van der Waals surface area contributed by atoms with Gasteiger partial charge >= 0.3 is 0 Å². The summed E-state index contributed by atoms with van der Waals surface area (Å²) in [4.78, 5) is 0. The first kappa shape index (κ1) is 13.3. The molecule has 0 fully saturated rings.